The SMILES string of the molecule is C/C(=C\C(=O)NC(C#N)C1CC1)c1cccc(F)c1. The summed E-state index contributed by atoms with van der Waals surface area (Å²) in [7, 11) is 0. The van der Waals surface area contributed by atoms with Crippen LogP contribution in [-0.2, 0) is 4.79 Å². The van der Waals surface area contributed by atoms with Crippen LogP contribution in [-0.4, -0.2) is 11.9 Å². The van der Waals surface area contributed by atoms with Gasteiger partial charge in [0.05, 0.1) is 6.07 Å². The number of benzene rings is 1. The number of nitrogens with zero attached hydrogens (tertiary/aromatic N) is 1. The molecule has 4 heteroatoms. The van der Waals surface area contributed by atoms with Gasteiger partial charge in [0.25, 0.3) is 0 Å². The minimum absolute atomic E-state index is 0.289. The van der Waals surface area contributed by atoms with E-state index in [2.05, 4.69) is 11.4 Å². The van der Waals surface area contributed by atoms with Crippen LogP contribution in [0.3, 0.4) is 0 Å². The van der Waals surface area contributed by atoms with Gasteiger partial charge >= 0.3 is 0 Å². The predicted octanol–water partition coefficient (Wildman–Crippen LogP) is 2.65. The molecule has 0 bridgehead atoms. The third-order valence-corrected chi connectivity index (χ3v) is 3.16. The van der Waals surface area contributed by atoms with Gasteiger partial charge in [-0.15, -0.1) is 0 Å². The number of allylic oxidation sites excluding steroid dienone is 1. The summed E-state index contributed by atoms with van der Waals surface area (Å²) in [5.41, 5.74) is 1.33. The minimum Gasteiger partial charge on any atom is -0.337 e. The van der Waals surface area contributed by atoms with E-state index in [0.29, 0.717) is 11.1 Å². The summed E-state index contributed by atoms with van der Waals surface area (Å²) in [6, 6.07) is 7.76. The molecule has 3 nitrogen and oxygen atoms in total. The fourth-order valence-corrected chi connectivity index (χ4v) is 1.89. The van der Waals surface area contributed by atoms with E-state index in [-0.39, 0.29) is 17.6 Å². The Bertz CT molecular complexity index is 556. The van der Waals surface area contributed by atoms with Crippen molar-refractivity contribution in [1.29, 1.82) is 5.26 Å². The summed E-state index contributed by atoms with van der Waals surface area (Å²) in [5, 5.41) is 11.6. The van der Waals surface area contributed by atoms with E-state index in [4.69, 9.17) is 5.26 Å². The Morgan fingerprint density at radius 3 is 2.89 bits per heavy atom. The van der Waals surface area contributed by atoms with Crippen molar-refractivity contribution in [2.24, 2.45) is 5.92 Å². The van der Waals surface area contributed by atoms with Gasteiger partial charge in [0.1, 0.15) is 11.9 Å². The van der Waals surface area contributed by atoms with Gasteiger partial charge in [0.15, 0.2) is 0 Å². The largest absolute Gasteiger partial charge is 0.337 e. The molecule has 1 aliphatic rings. The Morgan fingerprint density at radius 1 is 1.58 bits per heavy atom. The standard InChI is InChI=1S/C15H15FN2O/c1-10(12-3-2-4-13(16)8-12)7-15(19)18-14(9-17)11-5-6-11/h2-4,7-8,11,14H,5-6H2,1H3,(H,18,19)/b10-7+. The molecule has 0 radical (unpaired) electrons. The third-order valence-electron chi connectivity index (χ3n) is 3.16. The van der Waals surface area contributed by atoms with Crippen molar-refractivity contribution in [3.63, 3.8) is 0 Å². The lowest BCUT2D eigenvalue weighted by Crippen LogP contribution is -2.34. The van der Waals surface area contributed by atoms with Crippen LogP contribution in [0.2, 0.25) is 0 Å². The van der Waals surface area contributed by atoms with Gasteiger partial charge in [-0.2, -0.15) is 5.26 Å². The predicted molar refractivity (Wildman–Crippen MR) is 70.3 cm³/mol. The number of nitrogens with one attached hydrogen (secondary N) is 1. The Hall–Kier alpha value is -2.15. The van der Waals surface area contributed by atoms with Crippen LogP contribution in [0.15, 0.2) is 30.3 Å². The van der Waals surface area contributed by atoms with Crippen LogP contribution in [0, 0.1) is 23.1 Å². The van der Waals surface area contributed by atoms with E-state index >= 15 is 0 Å². The average molecular weight is 258 g/mol. The van der Waals surface area contributed by atoms with Gasteiger partial charge < -0.3 is 5.32 Å². The first kappa shape index (κ1) is 13.3. The third kappa shape index (κ3) is 3.65. The first-order valence-electron chi connectivity index (χ1n) is 6.24. The number of rotatable bonds is 4. The molecule has 1 fully saturated rings. The van der Waals surface area contributed by atoms with E-state index in [0.717, 1.165) is 12.8 Å². The lowest BCUT2D eigenvalue weighted by atomic mass is 10.1. The van der Waals surface area contributed by atoms with Crippen molar-refractivity contribution in [3.05, 3.63) is 41.7 Å². The molecule has 98 valence electrons. The Labute approximate surface area is 111 Å². The Kier molecular flexibility index (Phi) is 3.96. The maximum atomic E-state index is 13.1. The zero-order chi connectivity index (χ0) is 13.8. The van der Waals surface area contributed by atoms with Crippen molar-refractivity contribution < 1.29 is 9.18 Å². The van der Waals surface area contributed by atoms with Crippen molar-refractivity contribution >= 4 is 11.5 Å². The summed E-state index contributed by atoms with van der Waals surface area (Å²) < 4.78 is 13.1. The van der Waals surface area contributed by atoms with Gasteiger partial charge in [-0.1, -0.05) is 12.1 Å². The molecular formula is C15H15FN2O. The highest BCUT2D eigenvalue weighted by atomic mass is 19.1. The molecule has 0 aliphatic heterocycles. The van der Waals surface area contributed by atoms with E-state index in [9.17, 15) is 9.18 Å². The molecule has 1 N–H and O–H groups in total. The summed E-state index contributed by atoms with van der Waals surface area (Å²) in [6.45, 7) is 1.74. The molecular weight excluding hydrogens is 243 g/mol. The second-order valence-electron chi connectivity index (χ2n) is 4.79. The van der Waals surface area contributed by atoms with E-state index in [1.807, 2.05) is 0 Å². The number of carbonyl (C=O) groups excluding carboxylic acids is 1. The first-order valence-corrected chi connectivity index (χ1v) is 6.24. The normalized spacial score (nSPS) is 16.6. The van der Waals surface area contributed by atoms with Crippen molar-refractivity contribution in [3.8, 4) is 6.07 Å². The van der Waals surface area contributed by atoms with Gasteiger partial charge in [-0.05, 0) is 49.0 Å². The lowest BCUT2D eigenvalue weighted by molar-refractivity contribution is -0.116. The summed E-state index contributed by atoms with van der Waals surface area (Å²) in [4.78, 5) is 11.8. The quantitative estimate of drug-likeness (QED) is 0.844. The summed E-state index contributed by atoms with van der Waals surface area (Å²) in [5.74, 6) is -0.351. The number of carbonyl (C=O) groups is 1. The van der Waals surface area contributed by atoms with Crippen LogP contribution >= 0.6 is 0 Å². The van der Waals surface area contributed by atoms with Crippen molar-refractivity contribution in [2.45, 2.75) is 25.8 Å². The maximum Gasteiger partial charge on any atom is 0.245 e. The molecule has 1 atom stereocenters. The monoisotopic (exact) mass is 258 g/mol. The molecule has 1 aromatic rings. The number of hydrogen-bond donors (Lipinski definition) is 1. The van der Waals surface area contributed by atoms with Crippen LogP contribution in [0.4, 0.5) is 4.39 Å². The fourth-order valence-electron chi connectivity index (χ4n) is 1.89. The van der Waals surface area contributed by atoms with Gasteiger partial charge in [0, 0.05) is 6.08 Å². The van der Waals surface area contributed by atoms with Crippen LogP contribution in [0.25, 0.3) is 5.57 Å². The average Bonchev–Trinajstić information content (AvgIpc) is 3.20. The Morgan fingerprint density at radius 2 is 2.32 bits per heavy atom. The molecule has 0 heterocycles. The molecule has 1 saturated carbocycles. The molecule has 19 heavy (non-hydrogen) atoms. The van der Waals surface area contributed by atoms with Gasteiger partial charge in [-0.25, -0.2) is 4.39 Å². The van der Waals surface area contributed by atoms with Crippen LogP contribution < -0.4 is 5.32 Å². The van der Waals surface area contributed by atoms with Gasteiger partial charge in [-0.3, -0.25) is 4.79 Å². The number of hydrogen-bond acceptors (Lipinski definition) is 2. The highest BCUT2D eigenvalue weighted by Crippen LogP contribution is 2.32. The highest BCUT2D eigenvalue weighted by molar-refractivity contribution is 5.95. The van der Waals surface area contributed by atoms with Crippen molar-refractivity contribution in [2.75, 3.05) is 0 Å². The molecule has 0 aromatic heterocycles. The number of amides is 1. The number of halogens is 1. The zero-order valence-corrected chi connectivity index (χ0v) is 10.7. The summed E-state index contributed by atoms with van der Waals surface area (Å²) in [6.07, 6.45) is 3.39. The second kappa shape index (κ2) is 5.66. The molecule has 1 aromatic carbocycles. The van der Waals surface area contributed by atoms with E-state index < -0.39 is 6.04 Å². The lowest BCUT2D eigenvalue weighted by Gasteiger charge is -2.08. The molecule has 1 unspecified atom stereocenters. The topological polar surface area (TPSA) is 52.9 Å². The van der Waals surface area contributed by atoms with E-state index in [1.165, 1.54) is 18.2 Å². The molecule has 0 spiro atoms. The van der Waals surface area contributed by atoms with E-state index in [1.54, 1.807) is 19.1 Å². The first-order chi connectivity index (χ1) is 9.10. The molecule has 0 saturated heterocycles. The molecule has 2 rings (SSSR count). The smallest absolute Gasteiger partial charge is 0.245 e. The van der Waals surface area contributed by atoms with Crippen LogP contribution in [0.1, 0.15) is 25.3 Å². The zero-order valence-electron chi connectivity index (χ0n) is 10.7. The van der Waals surface area contributed by atoms with Crippen molar-refractivity contribution in [1.82, 2.24) is 5.32 Å². The van der Waals surface area contributed by atoms with Gasteiger partial charge in [0.2, 0.25) is 5.91 Å². The molecule has 1 amide bonds. The van der Waals surface area contributed by atoms with Crippen LogP contribution in [0.5, 0.6) is 0 Å². The fraction of sp³-hybridized carbons (Fsp3) is 0.333. The number of nitriles is 1. The second-order valence-corrected chi connectivity index (χ2v) is 4.79. The molecule has 1 aliphatic carbocycles. The minimum atomic E-state index is -0.413. The highest BCUT2D eigenvalue weighted by Gasteiger charge is 2.31. The maximum absolute atomic E-state index is 13.1. The Balaban J connectivity index is 2.03. The summed E-state index contributed by atoms with van der Waals surface area (Å²) >= 11 is 0.